The third-order valence-corrected chi connectivity index (χ3v) is 7.44. The van der Waals surface area contributed by atoms with E-state index in [1.165, 1.54) is 14.0 Å². The van der Waals surface area contributed by atoms with Crippen molar-refractivity contribution in [1.29, 1.82) is 0 Å². The van der Waals surface area contributed by atoms with Crippen molar-refractivity contribution in [3.63, 3.8) is 0 Å². The monoisotopic (exact) mass is 567 g/mol. The van der Waals surface area contributed by atoms with E-state index in [1.807, 2.05) is 6.92 Å². The average Bonchev–Trinajstić information content (AvgIpc) is 3.32. The number of anilines is 1. The van der Waals surface area contributed by atoms with Crippen molar-refractivity contribution >= 4 is 69.6 Å². The van der Waals surface area contributed by atoms with Crippen LogP contribution in [0.2, 0.25) is 0 Å². The minimum atomic E-state index is -0.517. The van der Waals surface area contributed by atoms with E-state index in [4.69, 9.17) is 9.47 Å². The molecule has 10 nitrogen and oxygen atoms in total. The Balaban J connectivity index is 1.43. The van der Waals surface area contributed by atoms with Crippen molar-refractivity contribution in [3.8, 4) is 11.5 Å². The number of thioether (sulfide) groups is 2. The highest BCUT2D eigenvalue weighted by atomic mass is 32.2. The highest BCUT2D eigenvalue weighted by Crippen LogP contribution is 2.36. The van der Waals surface area contributed by atoms with E-state index in [-0.39, 0.29) is 28.8 Å². The Labute approximate surface area is 233 Å². The lowest BCUT2D eigenvalue weighted by Gasteiger charge is -2.17. The molecule has 202 valence electrons. The van der Waals surface area contributed by atoms with Gasteiger partial charge in [0.05, 0.1) is 23.5 Å². The standard InChI is InChI=1S/C27H25N3O7S2/c1-4-37-21-10-9-20(36-3)14-18(21)15-23-25(33)30(27(35)39-23)12-11-29-24(32)22(38-26(29)34)13-17-5-7-19(8-6-17)28-16(2)31/h5-10,13-15H,4,11-12H2,1-3H3,(H,28,31)/b22-13-,23-15-. The van der Waals surface area contributed by atoms with Crippen molar-refractivity contribution in [3.05, 3.63) is 63.4 Å². The van der Waals surface area contributed by atoms with Crippen LogP contribution < -0.4 is 14.8 Å². The zero-order valence-corrected chi connectivity index (χ0v) is 23.0. The smallest absolute Gasteiger partial charge is 0.293 e. The van der Waals surface area contributed by atoms with Crippen LogP contribution in [0.5, 0.6) is 11.5 Å². The molecular formula is C27H25N3O7S2. The maximum absolute atomic E-state index is 13.0. The van der Waals surface area contributed by atoms with Crippen LogP contribution in [0.1, 0.15) is 25.0 Å². The molecule has 0 aliphatic carbocycles. The summed E-state index contributed by atoms with van der Waals surface area (Å²) >= 11 is 1.56. The predicted octanol–water partition coefficient (Wildman–Crippen LogP) is 4.83. The number of nitrogens with zero attached hydrogens (tertiary/aromatic N) is 2. The molecule has 2 aromatic carbocycles. The van der Waals surface area contributed by atoms with Gasteiger partial charge in [0.15, 0.2) is 0 Å². The Hall–Kier alpha value is -4.03. The van der Waals surface area contributed by atoms with Crippen LogP contribution in [-0.4, -0.2) is 64.8 Å². The molecule has 2 aliphatic heterocycles. The maximum atomic E-state index is 13.0. The summed E-state index contributed by atoms with van der Waals surface area (Å²) in [5.74, 6) is -0.108. The van der Waals surface area contributed by atoms with Gasteiger partial charge in [0.1, 0.15) is 11.5 Å². The Bertz CT molecular complexity index is 1400. The third-order valence-electron chi connectivity index (χ3n) is 5.63. The number of carbonyl (C=O) groups excluding carboxylic acids is 5. The number of imide groups is 2. The topological polar surface area (TPSA) is 122 Å². The minimum absolute atomic E-state index is 0.127. The number of ether oxygens (including phenoxy) is 2. The van der Waals surface area contributed by atoms with E-state index in [9.17, 15) is 24.0 Å². The zero-order valence-electron chi connectivity index (χ0n) is 21.4. The highest BCUT2D eigenvalue weighted by molar-refractivity contribution is 8.18. The van der Waals surface area contributed by atoms with Crippen LogP contribution in [0.4, 0.5) is 15.3 Å². The second-order valence-corrected chi connectivity index (χ2v) is 10.3. The number of amides is 5. The number of nitrogens with one attached hydrogen (secondary N) is 1. The van der Waals surface area contributed by atoms with Crippen LogP contribution in [0.25, 0.3) is 12.2 Å². The minimum Gasteiger partial charge on any atom is -0.497 e. The van der Waals surface area contributed by atoms with E-state index in [0.29, 0.717) is 34.9 Å². The highest BCUT2D eigenvalue weighted by Gasteiger charge is 2.39. The first-order chi connectivity index (χ1) is 18.7. The van der Waals surface area contributed by atoms with E-state index >= 15 is 0 Å². The first kappa shape index (κ1) is 28.0. The summed E-state index contributed by atoms with van der Waals surface area (Å²) in [4.78, 5) is 64.7. The molecule has 0 unspecified atom stereocenters. The molecule has 1 N–H and O–H groups in total. The Morgan fingerprint density at radius 2 is 1.49 bits per heavy atom. The molecule has 0 aromatic heterocycles. The van der Waals surface area contributed by atoms with Gasteiger partial charge in [0, 0.05) is 31.3 Å². The molecule has 0 saturated carbocycles. The number of rotatable bonds is 9. The van der Waals surface area contributed by atoms with E-state index < -0.39 is 22.3 Å². The average molecular weight is 568 g/mol. The molecule has 0 spiro atoms. The summed E-state index contributed by atoms with van der Waals surface area (Å²) in [6.07, 6.45) is 3.15. The molecule has 2 aromatic rings. The number of carbonyl (C=O) groups is 5. The second-order valence-electron chi connectivity index (χ2n) is 8.31. The van der Waals surface area contributed by atoms with Gasteiger partial charge in [-0.15, -0.1) is 0 Å². The molecule has 4 rings (SSSR count). The van der Waals surface area contributed by atoms with E-state index in [2.05, 4.69) is 5.32 Å². The predicted molar refractivity (Wildman–Crippen MR) is 150 cm³/mol. The molecule has 12 heteroatoms. The number of hydrogen-bond acceptors (Lipinski definition) is 9. The third kappa shape index (κ3) is 6.52. The molecule has 0 radical (unpaired) electrons. The SMILES string of the molecule is CCOc1ccc(OC)cc1/C=C1\SC(=O)N(CCN2C(=O)S/C(=C\c3ccc(NC(C)=O)cc3)C2=O)C1=O. The molecule has 39 heavy (non-hydrogen) atoms. The summed E-state index contributed by atoms with van der Waals surface area (Å²) in [5, 5.41) is 1.68. The van der Waals surface area contributed by atoms with E-state index in [0.717, 1.165) is 33.3 Å². The largest absolute Gasteiger partial charge is 0.497 e. The lowest BCUT2D eigenvalue weighted by Crippen LogP contribution is -2.39. The number of methoxy groups -OCH3 is 1. The fraction of sp³-hybridized carbons (Fsp3) is 0.222. The molecule has 2 heterocycles. The van der Waals surface area contributed by atoms with Crippen LogP contribution >= 0.6 is 23.5 Å². The van der Waals surface area contributed by atoms with Gasteiger partial charge >= 0.3 is 0 Å². The molecule has 2 aliphatic rings. The van der Waals surface area contributed by atoms with Crippen LogP contribution in [-0.2, 0) is 14.4 Å². The summed E-state index contributed by atoms with van der Waals surface area (Å²) in [6.45, 7) is 3.41. The fourth-order valence-electron chi connectivity index (χ4n) is 3.80. The van der Waals surface area contributed by atoms with Crippen LogP contribution in [0.3, 0.4) is 0 Å². The fourth-order valence-corrected chi connectivity index (χ4v) is 5.52. The van der Waals surface area contributed by atoms with Gasteiger partial charge < -0.3 is 14.8 Å². The normalized spacial score (nSPS) is 17.5. The molecule has 0 bridgehead atoms. The van der Waals surface area contributed by atoms with E-state index in [1.54, 1.807) is 54.6 Å². The summed E-state index contributed by atoms with van der Waals surface area (Å²) in [6, 6.07) is 12.0. The van der Waals surface area contributed by atoms with Crippen molar-refractivity contribution in [1.82, 2.24) is 9.80 Å². The first-order valence-electron chi connectivity index (χ1n) is 11.9. The Morgan fingerprint density at radius 1 is 0.897 bits per heavy atom. The van der Waals surface area contributed by atoms with Crippen LogP contribution in [0, 0.1) is 0 Å². The van der Waals surface area contributed by atoms with Crippen molar-refractivity contribution < 1.29 is 33.4 Å². The number of hydrogen-bond donors (Lipinski definition) is 1. The van der Waals surface area contributed by atoms with Crippen molar-refractivity contribution in [2.75, 3.05) is 32.1 Å². The number of benzene rings is 2. The molecule has 5 amide bonds. The summed E-state index contributed by atoms with van der Waals surface area (Å²) in [5.41, 5.74) is 1.87. The molecule has 2 saturated heterocycles. The van der Waals surface area contributed by atoms with Gasteiger partial charge in [-0.1, -0.05) is 12.1 Å². The molecular weight excluding hydrogens is 542 g/mol. The van der Waals surface area contributed by atoms with Gasteiger partial charge in [0.25, 0.3) is 22.3 Å². The van der Waals surface area contributed by atoms with Gasteiger partial charge in [-0.2, -0.15) is 0 Å². The summed E-state index contributed by atoms with van der Waals surface area (Å²) in [7, 11) is 1.52. The molecule has 0 atom stereocenters. The van der Waals surface area contributed by atoms with Crippen molar-refractivity contribution in [2.45, 2.75) is 13.8 Å². The lowest BCUT2D eigenvalue weighted by molar-refractivity contribution is -0.125. The quantitative estimate of drug-likeness (QED) is 0.425. The van der Waals surface area contributed by atoms with Crippen LogP contribution in [0.15, 0.2) is 52.3 Å². The zero-order chi connectivity index (χ0) is 28.1. The van der Waals surface area contributed by atoms with Gasteiger partial charge in [0.2, 0.25) is 5.91 Å². The lowest BCUT2D eigenvalue weighted by atomic mass is 10.1. The van der Waals surface area contributed by atoms with Gasteiger partial charge in [-0.3, -0.25) is 33.8 Å². The molecule has 2 fully saturated rings. The first-order valence-corrected chi connectivity index (χ1v) is 13.5. The Kier molecular flexibility index (Phi) is 8.77. The van der Waals surface area contributed by atoms with Gasteiger partial charge in [-0.05, 0) is 78.5 Å². The van der Waals surface area contributed by atoms with Crippen molar-refractivity contribution in [2.24, 2.45) is 0 Å². The van der Waals surface area contributed by atoms with Gasteiger partial charge in [-0.25, -0.2) is 0 Å². The second kappa shape index (κ2) is 12.2. The maximum Gasteiger partial charge on any atom is 0.293 e. The Morgan fingerprint density at radius 3 is 2.03 bits per heavy atom. The summed E-state index contributed by atoms with van der Waals surface area (Å²) < 4.78 is 10.9.